The molecule has 0 aliphatic heterocycles. The van der Waals surface area contributed by atoms with Gasteiger partial charge in [0.25, 0.3) is 0 Å². The third-order valence-electron chi connectivity index (χ3n) is 2.41. The lowest BCUT2D eigenvalue weighted by atomic mass is 10.3. The SMILES string of the molecule is CCCNC(=O)C(C)n1c(CC)n[nH]c1=S. The van der Waals surface area contributed by atoms with Gasteiger partial charge in [-0.25, -0.2) is 0 Å². The van der Waals surface area contributed by atoms with Gasteiger partial charge in [0, 0.05) is 13.0 Å². The van der Waals surface area contributed by atoms with Crippen LogP contribution in [0.4, 0.5) is 0 Å². The molecule has 5 nitrogen and oxygen atoms in total. The van der Waals surface area contributed by atoms with Crippen LogP contribution in [0.25, 0.3) is 0 Å². The summed E-state index contributed by atoms with van der Waals surface area (Å²) in [6.45, 7) is 6.52. The van der Waals surface area contributed by atoms with E-state index in [1.807, 2.05) is 20.8 Å². The van der Waals surface area contributed by atoms with Crippen LogP contribution in [0.3, 0.4) is 0 Å². The number of nitrogens with one attached hydrogen (secondary N) is 2. The first kappa shape index (κ1) is 12.9. The van der Waals surface area contributed by atoms with Crippen molar-refractivity contribution in [2.75, 3.05) is 6.54 Å². The number of hydrogen-bond acceptors (Lipinski definition) is 3. The van der Waals surface area contributed by atoms with Gasteiger partial charge < -0.3 is 5.32 Å². The monoisotopic (exact) mass is 242 g/mol. The van der Waals surface area contributed by atoms with Crippen LogP contribution < -0.4 is 5.32 Å². The molecule has 2 N–H and O–H groups in total. The number of H-pyrrole nitrogens is 1. The molecular formula is C10H18N4OS. The molecule has 1 aromatic rings. The van der Waals surface area contributed by atoms with Gasteiger partial charge in [-0.1, -0.05) is 13.8 Å². The highest BCUT2D eigenvalue weighted by atomic mass is 32.1. The van der Waals surface area contributed by atoms with Crippen molar-refractivity contribution in [1.82, 2.24) is 20.1 Å². The topological polar surface area (TPSA) is 62.7 Å². The zero-order valence-electron chi connectivity index (χ0n) is 9.91. The number of carbonyl (C=O) groups excluding carboxylic acids is 1. The standard InChI is InChI=1S/C10H18N4OS/c1-4-6-11-9(15)7(3)14-8(5-2)12-13-10(14)16/h7H,4-6H2,1-3H3,(H,11,15)(H,13,16). The van der Waals surface area contributed by atoms with E-state index in [9.17, 15) is 4.79 Å². The van der Waals surface area contributed by atoms with E-state index in [0.29, 0.717) is 11.3 Å². The summed E-state index contributed by atoms with van der Waals surface area (Å²) in [5, 5.41) is 9.65. The van der Waals surface area contributed by atoms with Crippen LogP contribution >= 0.6 is 12.2 Å². The zero-order chi connectivity index (χ0) is 12.1. The summed E-state index contributed by atoms with van der Waals surface area (Å²) >= 11 is 5.11. The van der Waals surface area contributed by atoms with Gasteiger partial charge in [-0.3, -0.25) is 14.5 Å². The van der Waals surface area contributed by atoms with E-state index in [-0.39, 0.29) is 11.9 Å². The Morgan fingerprint density at radius 2 is 2.31 bits per heavy atom. The molecule has 1 atom stereocenters. The first-order chi connectivity index (χ1) is 7.61. The van der Waals surface area contributed by atoms with Gasteiger partial charge in [-0.15, -0.1) is 0 Å². The van der Waals surface area contributed by atoms with E-state index in [0.717, 1.165) is 18.7 Å². The fourth-order valence-corrected chi connectivity index (χ4v) is 1.81. The Morgan fingerprint density at radius 3 is 2.88 bits per heavy atom. The van der Waals surface area contributed by atoms with E-state index in [1.165, 1.54) is 0 Å². The summed E-state index contributed by atoms with van der Waals surface area (Å²) in [6.07, 6.45) is 1.68. The van der Waals surface area contributed by atoms with Crippen LogP contribution in [-0.4, -0.2) is 27.2 Å². The van der Waals surface area contributed by atoms with Crippen LogP contribution in [0, 0.1) is 4.77 Å². The molecule has 0 aliphatic carbocycles. The van der Waals surface area contributed by atoms with Gasteiger partial charge in [0.05, 0.1) is 0 Å². The van der Waals surface area contributed by atoms with E-state index in [1.54, 1.807) is 4.57 Å². The fraction of sp³-hybridized carbons (Fsp3) is 0.700. The Morgan fingerprint density at radius 1 is 1.62 bits per heavy atom. The maximum atomic E-state index is 11.8. The summed E-state index contributed by atoms with van der Waals surface area (Å²) in [5.74, 6) is 0.790. The predicted molar refractivity (Wildman–Crippen MR) is 64.8 cm³/mol. The molecule has 6 heteroatoms. The molecular weight excluding hydrogens is 224 g/mol. The van der Waals surface area contributed by atoms with Crippen LogP contribution in [0.15, 0.2) is 0 Å². The van der Waals surface area contributed by atoms with Crippen molar-refractivity contribution in [1.29, 1.82) is 0 Å². The molecule has 16 heavy (non-hydrogen) atoms. The van der Waals surface area contributed by atoms with E-state index in [4.69, 9.17) is 12.2 Å². The fourth-order valence-electron chi connectivity index (χ4n) is 1.50. The summed E-state index contributed by atoms with van der Waals surface area (Å²) in [7, 11) is 0. The molecule has 0 saturated heterocycles. The van der Waals surface area contributed by atoms with Crippen molar-refractivity contribution >= 4 is 18.1 Å². The Balaban J connectivity index is 2.86. The highest BCUT2D eigenvalue weighted by Crippen LogP contribution is 2.10. The number of hydrogen-bond donors (Lipinski definition) is 2. The molecule has 1 unspecified atom stereocenters. The van der Waals surface area contributed by atoms with Crippen molar-refractivity contribution in [2.45, 2.75) is 39.7 Å². The van der Waals surface area contributed by atoms with Crippen LogP contribution in [0.1, 0.15) is 39.1 Å². The lowest BCUT2D eigenvalue weighted by molar-refractivity contribution is -0.123. The minimum absolute atomic E-state index is 0.0194. The normalized spacial score (nSPS) is 12.4. The van der Waals surface area contributed by atoms with Gasteiger partial charge in [0.1, 0.15) is 11.9 Å². The zero-order valence-corrected chi connectivity index (χ0v) is 10.7. The smallest absolute Gasteiger partial charge is 0.242 e. The second-order valence-corrected chi connectivity index (χ2v) is 4.02. The van der Waals surface area contributed by atoms with E-state index >= 15 is 0 Å². The summed E-state index contributed by atoms with van der Waals surface area (Å²) in [5.41, 5.74) is 0. The number of aromatic amines is 1. The highest BCUT2D eigenvalue weighted by molar-refractivity contribution is 7.71. The number of aryl methyl sites for hydroxylation is 1. The Bertz CT molecular complexity index is 409. The molecule has 1 amide bonds. The van der Waals surface area contributed by atoms with Crippen molar-refractivity contribution < 1.29 is 4.79 Å². The molecule has 0 fully saturated rings. The minimum Gasteiger partial charge on any atom is -0.354 e. The summed E-state index contributed by atoms with van der Waals surface area (Å²) < 4.78 is 2.26. The quantitative estimate of drug-likeness (QED) is 0.771. The second-order valence-electron chi connectivity index (χ2n) is 3.64. The molecule has 0 saturated carbocycles. The summed E-state index contributed by atoms with van der Waals surface area (Å²) in [4.78, 5) is 11.8. The Kier molecular flexibility index (Phi) is 4.67. The van der Waals surface area contributed by atoms with Crippen molar-refractivity contribution in [3.8, 4) is 0 Å². The number of rotatable bonds is 5. The molecule has 90 valence electrons. The Labute approximate surface area is 100 Å². The first-order valence-corrected chi connectivity index (χ1v) is 5.96. The number of nitrogens with zero attached hydrogens (tertiary/aromatic N) is 2. The van der Waals surface area contributed by atoms with Gasteiger partial charge in [0.15, 0.2) is 4.77 Å². The molecule has 1 rings (SSSR count). The van der Waals surface area contributed by atoms with Crippen LogP contribution in [0.5, 0.6) is 0 Å². The molecule has 1 aromatic heterocycles. The maximum absolute atomic E-state index is 11.8. The average Bonchev–Trinajstić information content (AvgIpc) is 2.66. The molecule has 0 aromatic carbocycles. The average molecular weight is 242 g/mol. The molecule has 1 heterocycles. The number of amides is 1. The lowest BCUT2D eigenvalue weighted by Crippen LogP contribution is -2.32. The molecule has 0 radical (unpaired) electrons. The minimum atomic E-state index is -0.312. The number of aromatic nitrogens is 3. The van der Waals surface area contributed by atoms with Crippen molar-refractivity contribution in [2.24, 2.45) is 0 Å². The van der Waals surface area contributed by atoms with Crippen LogP contribution in [0.2, 0.25) is 0 Å². The predicted octanol–water partition coefficient (Wildman–Crippen LogP) is 1.59. The van der Waals surface area contributed by atoms with E-state index in [2.05, 4.69) is 15.5 Å². The van der Waals surface area contributed by atoms with Gasteiger partial charge in [0.2, 0.25) is 5.91 Å². The molecule has 0 bridgehead atoms. The molecule has 0 aliphatic rings. The summed E-state index contributed by atoms with van der Waals surface area (Å²) in [6, 6.07) is -0.312. The van der Waals surface area contributed by atoms with Gasteiger partial charge in [-0.2, -0.15) is 5.10 Å². The second kappa shape index (κ2) is 5.79. The van der Waals surface area contributed by atoms with Crippen molar-refractivity contribution in [3.05, 3.63) is 10.6 Å². The third-order valence-corrected chi connectivity index (χ3v) is 2.70. The largest absolute Gasteiger partial charge is 0.354 e. The highest BCUT2D eigenvalue weighted by Gasteiger charge is 2.18. The third kappa shape index (κ3) is 2.69. The van der Waals surface area contributed by atoms with Crippen molar-refractivity contribution in [3.63, 3.8) is 0 Å². The lowest BCUT2D eigenvalue weighted by Gasteiger charge is -2.14. The van der Waals surface area contributed by atoms with E-state index < -0.39 is 0 Å². The Hall–Kier alpha value is -1.17. The van der Waals surface area contributed by atoms with Gasteiger partial charge >= 0.3 is 0 Å². The van der Waals surface area contributed by atoms with Gasteiger partial charge in [-0.05, 0) is 25.6 Å². The molecule has 0 spiro atoms. The number of carbonyl (C=O) groups is 1. The van der Waals surface area contributed by atoms with Crippen LogP contribution in [-0.2, 0) is 11.2 Å². The first-order valence-electron chi connectivity index (χ1n) is 5.55. The maximum Gasteiger partial charge on any atom is 0.242 e.